The third-order valence-electron chi connectivity index (χ3n) is 3.14. The van der Waals surface area contributed by atoms with Crippen LogP contribution in [0.25, 0.3) is 5.69 Å². The lowest BCUT2D eigenvalue weighted by atomic mass is 10.3. The molecule has 0 atom stereocenters. The first kappa shape index (κ1) is 16.8. The average Bonchev–Trinajstić information content (AvgIpc) is 2.98. The summed E-state index contributed by atoms with van der Waals surface area (Å²) in [5.74, 6) is 0. The third kappa shape index (κ3) is 3.87. The Labute approximate surface area is 153 Å². The minimum atomic E-state index is 0.542. The summed E-state index contributed by atoms with van der Waals surface area (Å²) in [7, 11) is 6.94. The lowest BCUT2D eigenvalue weighted by Gasteiger charge is -2.08. The summed E-state index contributed by atoms with van der Waals surface area (Å²) in [5.41, 5.74) is 1.93. The first-order valence-corrected chi connectivity index (χ1v) is 9.84. The quantitative estimate of drug-likeness (QED) is 0.509. The molecule has 2 aromatic carbocycles. The van der Waals surface area contributed by atoms with Gasteiger partial charge >= 0.3 is 0 Å². The smallest absolute Gasteiger partial charge is 0.209 e. The summed E-state index contributed by atoms with van der Waals surface area (Å²) >= 11 is 5.34. The van der Waals surface area contributed by atoms with E-state index in [0.717, 1.165) is 21.0 Å². The zero-order valence-corrected chi connectivity index (χ0v) is 15.7. The van der Waals surface area contributed by atoms with Crippen molar-refractivity contribution in [1.29, 1.82) is 0 Å². The van der Waals surface area contributed by atoms with Crippen molar-refractivity contribution >= 4 is 43.7 Å². The van der Waals surface area contributed by atoms with Crippen molar-refractivity contribution in [2.75, 3.05) is 14.1 Å². The number of thiocarbonyl (C=S) groups is 1. The van der Waals surface area contributed by atoms with Crippen LogP contribution in [-0.2, 0) is 0 Å². The highest BCUT2D eigenvalue weighted by molar-refractivity contribution is 7.80. The molecule has 3 rings (SSSR count). The molecule has 122 valence electrons. The molecule has 0 fully saturated rings. The predicted octanol–water partition coefficient (Wildman–Crippen LogP) is 3.58. The Hall–Kier alpha value is -2.09. The van der Waals surface area contributed by atoms with Gasteiger partial charge in [-0.1, -0.05) is 36.4 Å². The first-order valence-electron chi connectivity index (χ1n) is 7.28. The number of rotatable bonds is 2. The van der Waals surface area contributed by atoms with Crippen molar-refractivity contribution in [2.45, 2.75) is 0 Å². The van der Waals surface area contributed by atoms with Gasteiger partial charge in [0.1, 0.15) is 0 Å². The summed E-state index contributed by atoms with van der Waals surface area (Å²) < 4.78 is 2.04. The number of nitrogens with zero attached hydrogens (tertiary/aromatic N) is 4. The van der Waals surface area contributed by atoms with E-state index in [-0.39, 0.29) is 0 Å². The van der Waals surface area contributed by atoms with Crippen molar-refractivity contribution in [3.63, 3.8) is 0 Å². The Morgan fingerprint density at radius 3 is 2.12 bits per heavy atom. The third-order valence-corrected chi connectivity index (χ3v) is 5.67. The number of para-hydroxylation sites is 2. The van der Waals surface area contributed by atoms with Gasteiger partial charge in [0.05, 0.1) is 11.4 Å². The van der Waals surface area contributed by atoms with E-state index < -0.39 is 0 Å². The number of hydrogen-bond donors (Lipinski definition) is 0. The zero-order valence-electron chi connectivity index (χ0n) is 13.3. The maximum atomic E-state index is 5.34. The van der Waals surface area contributed by atoms with Crippen LogP contribution in [0.3, 0.4) is 0 Å². The number of hydrogen-bond acceptors (Lipinski definition) is 4. The van der Waals surface area contributed by atoms with Gasteiger partial charge in [0.2, 0.25) is 9.60 Å². The molecule has 4 nitrogen and oxygen atoms in total. The fraction of sp³-hybridized carbons (Fsp3) is 0.118. The van der Waals surface area contributed by atoms with Gasteiger partial charge in [-0.05, 0) is 57.2 Å². The van der Waals surface area contributed by atoms with Gasteiger partial charge in [0.25, 0.3) is 0 Å². The molecular weight excluding hydrogens is 356 g/mol. The van der Waals surface area contributed by atoms with E-state index in [0.29, 0.717) is 5.11 Å². The predicted molar refractivity (Wildman–Crippen MR) is 105 cm³/mol. The zero-order chi connectivity index (χ0) is 16.9. The molecule has 0 bridgehead atoms. The van der Waals surface area contributed by atoms with Crippen LogP contribution >= 0.6 is 32.9 Å². The monoisotopic (exact) mass is 372 g/mol. The van der Waals surface area contributed by atoms with Gasteiger partial charge in [-0.25, -0.2) is 4.99 Å². The Morgan fingerprint density at radius 2 is 1.50 bits per heavy atom. The van der Waals surface area contributed by atoms with Gasteiger partial charge in [-0.3, -0.25) is 4.57 Å². The van der Waals surface area contributed by atoms with E-state index in [2.05, 4.69) is 4.99 Å². The van der Waals surface area contributed by atoms with E-state index in [9.17, 15) is 0 Å². The highest BCUT2D eigenvalue weighted by Crippen LogP contribution is 2.11. The van der Waals surface area contributed by atoms with Gasteiger partial charge < -0.3 is 4.90 Å². The Bertz CT molecular complexity index is 951. The molecule has 0 unspecified atom stereocenters. The summed E-state index contributed by atoms with van der Waals surface area (Å²) in [6.07, 6.45) is 0. The molecule has 0 amide bonds. The Balaban J connectivity index is 2.23. The van der Waals surface area contributed by atoms with Gasteiger partial charge in [0.15, 0.2) is 5.11 Å². The number of aromatic nitrogens is 1. The SMILES string of the molecule is CN(C)C(=S)N=c1ssc(=Nc2ccccc2)n1-c1ccccc1. The molecule has 0 spiro atoms. The molecule has 1 aromatic heterocycles. The van der Waals surface area contributed by atoms with Crippen LogP contribution in [0.5, 0.6) is 0 Å². The largest absolute Gasteiger partial charge is 0.353 e. The van der Waals surface area contributed by atoms with E-state index >= 15 is 0 Å². The van der Waals surface area contributed by atoms with Gasteiger partial charge in [0, 0.05) is 14.1 Å². The molecule has 24 heavy (non-hydrogen) atoms. The lowest BCUT2D eigenvalue weighted by Crippen LogP contribution is -2.27. The highest BCUT2D eigenvalue weighted by atomic mass is 32.9. The van der Waals surface area contributed by atoms with E-state index in [1.54, 1.807) is 20.7 Å². The van der Waals surface area contributed by atoms with E-state index in [4.69, 9.17) is 17.2 Å². The molecule has 0 saturated heterocycles. The van der Waals surface area contributed by atoms with Crippen LogP contribution in [0, 0.1) is 0 Å². The van der Waals surface area contributed by atoms with Gasteiger partial charge in [-0.2, -0.15) is 4.99 Å². The van der Waals surface area contributed by atoms with Crippen molar-refractivity contribution in [1.82, 2.24) is 9.47 Å². The molecule has 0 aliphatic carbocycles. The van der Waals surface area contributed by atoms with Crippen LogP contribution < -0.4 is 9.60 Å². The standard InChI is InChI=1S/C17H16N4S3/c1-20(2)15(22)19-17-21(14-11-7-4-8-12-14)16(23-24-17)18-13-9-5-3-6-10-13/h3-12H,1-2H3. The topological polar surface area (TPSA) is 32.9 Å². The van der Waals surface area contributed by atoms with Crippen molar-refractivity contribution in [3.05, 3.63) is 70.3 Å². The molecule has 1 heterocycles. The molecule has 0 N–H and O–H groups in total. The molecule has 0 aliphatic heterocycles. The normalized spacial score (nSPS) is 12.4. The van der Waals surface area contributed by atoms with Crippen LogP contribution in [0.2, 0.25) is 0 Å². The fourth-order valence-corrected chi connectivity index (χ4v) is 4.23. The minimum Gasteiger partial charge on any atom is -0.353 e. The van der Waals surface area contributed by atoms with Crippen molar-refractivity contribution in [2.24, 2.45) is 9.98 Å². The van der Waals surface area contributed by atoms with Crippen molar-refractivity contribution < 1.29 is 0 Å². The molecule has 7 heteroatoms. The average molecular weight is 373 g/mol. The second-order valence-corrected chi connectivity index (χ2v) is 7.57. The van der Waals surface area contributed by atoms with Crippen LogP contribution in [0.4, 0.5) is 5.69 Å². The molecule has 0 radical (unpaired) electrons. The van der Waals surface area contributed by atoms with E-state index in [1.807, 2.05) is 84.2 Å². The summed E-state index contributed by atoms with van der Waals surface area (Å²) in [6.45, 7) is 0. The molecule has 3 aromatic rings. The summed E-state index contributed by atoms with van der Waals surface area (Å²) in [5, 5.41) is 0.542. The summed E-state index contributed by atoms with van der Waals surface area (Å²) in [6, 6.07) is 20.0. The Kier molecular flexibility index (Phi) is 5.34. The number of benzene rings is 2. The van der Waals surface area contributed by atoms with Crippen LogP contribution in [0.1, 0.15) is 0 Å². The molecule has 0 aliphatic rings. The maximum Gasteiger partial charge on any atom is 0.209 e. The molecule has 0 saturated carbocycles. The minimum absolute atomic E-state index is 0.542. The van der Waals surface area contributed by atoms with Gasteiger partial charge in [-0.15, -0.1) is 0 Å². The lowest BCUT2D eigenvalue weighted by molar-refractivity contribution is 0.625. The van der Waals surface area contributed by atoms with Crippen LogP contribution in [0.15, 0.2) is 70.6 Å². The van der Waals surface area contributed by atoms with Crippen molar-refractivity contribution in [3.8, 4) is 5.69 Å². The highest BCUT2D eigenvalue weighted by Gasteiger charge is 2.06. The first-order chi connectivity index (χ1) is 11.6. The van der Waals surface area contributed by atoms with Crippen LogP contribution in [-0.4, -0.2) is 28.7 Å². The maximum absolute atomic E-state index is 5.34. The fourth-order valence-electron chi connectivity index (χ4n) is 1.96. The second-order valence-electron chi connectivity index (χ2n) is 5.14. The molecular formula is C17H16N4S3. The summed E-state index contributed by atoms with van der Waals surface area (Å²) in [4.78, 5) is 12.9. The van der Waals surface area contributed by atoms with E-state index in [1.165, 1.54) is 0 Å². The Morgan fingerprint density at radius 1 is 0.917 bits per heavy atom. The second kappa shape index (κ2) is 7.65.